The quantitative estimate of drug-likeness (QED) is 0.174. The maximum atomic E-state index is 13.8. The van der Waals surface area contributed by atoms with Gasteiger partial charge in [-0.05, 0) is 67.4 Å². The van der Waals surface area contributed by atoms with Crippen LogP contribution in [-0.4, -0.2) is 61.6 Å². The molecule has 10 nitrogen and oxygen atoms in total. The van der Waals surface area contributed by atoms with Crippen LogP contribution < -0.4 is 9.62 Å². The number of benzene rings is 2. The molecule has 41 heavy (non-hydrogen) atoms. The maximum absolute atomic E-state index is 13.8. The van der Waals surface area contributed by atoms with Crippen LogP contribution in [-0.2, 0) is 24.3 Å². The number of carbonyl (C=O) groups excluding carboxylic acids is 1. The lowest BCUT2D eigenvalue weighted by Crippen LogP contribution is -2.36. The number of aromatic nitrogens is 3. The summed E-state index contributed by atoms with van der Waals surface area (Å²) < 4.78 is 41.1. The number of esters is 1. The van der Waals surface area contributed by atoms with Crippen LogP contribution in [0.15, 0.2) is 65.7 Å². The smallest absolute Gasteiger partial charge is 0.326 e. The van der Waals surface area contributed by atoms with Crippen LogP contribution in [0.25, 0.3) is 16.7 Å². The molecule has 0 aliphatic carbocycles. The predicted molar refractivity (Wildman–Crippen MR) is 159 cm³/mol. The monoisotopic (exact) mass is 617 g/mol. The van der Waals surface area contributed by atoms with E-state index in [0.29, 0.717) is 24.7 Å². The topological polar surface area (TPSA) is 116 Å². The van der Waals surface area contributed by atoms with Crippen LogP contribution >= 0.6 is 23.2 Å². The van der Waals surface area contributed by atoms with E-state index in [4.69, 9.17) is 32.7 Å². The molecule has 2 aromatic carbocycles. The molecule has 0 spiro atoms. The molecule has 13 heteroatoms. The highest BCUT2D eigenvalue weighted by Gasteiger charge is 2.29. The Kier molecular flexibility index (Phi) is 8.98. The first kappa shape index (κ1) is 29.1. The first-order valence-corrected chi connectivity index (χ1v) is 15.4. The number of hydrogen-bond donors (Lipinski definition) is 1. The van der Waals surface area contributed by atoms with Gasteiger partial charge in [0.1, 0.15) is 12.4 Å². The Balaban J connectivity index is 1.45. The van der Waals surface area contributed by atoms with Gasteiger partial charge in [-0.15, -0.1) is 10.2 Å². The van der Waals surface area contributed by atoms with Crippen LogP contribution in [0.1, 0.15) is 26.2 Å². The summed E-state index contributed by atoms with van der Waals surface area (Å²) in [5.41, 5.74) is 1.06. The van der Waals surface area contributed by atoms with E-state index in [1.54, 1.807) is 18.2 Å². The van der Waals surface area contributed by atoms with Crippen molar-refractivity contribution in [3.8, 4) is 5.82 Å². The van der Waals surface area contributed by atoms with Crippen molar-refractivity contribution in [3.05, 3.63) is 70.8 Å². The fourth-order valence-corrected chi connectivity index (χ4v) is 6.61. The minimum atomic E-state index is -4.24. The van der Waals surface area contributed by atoms with Crippen molar-refractivity contribution in [2.75, 3.05) is 36.0 Å². The Morgan fingerprint density at radius 2 is 1.93 bits per heavy atom. The van der Waals surface area contributed by atoms with Crippen LogP contribution in [0.5, 0.6) is 0 Å². The average Bonchev–Trinajstić information content (AvgIpc) is 3.61. The SMILES string of the molecule is CCCCOC(=O)CN(c1ccc2c(ccn2-c2ccc(N[C@@H]3CCOC3)nn2)c1)S(=O)(=O)c1cc(Cl)cc(Cl)c1. The number of fused-ring (bicyclic) bond motifs is 1. The van der Waals surface area contributed by atoms with Gasteiger partial charge in [0.15, 0.2) is 5.82 Å². The molecule has 0 saturated carbocycles. The number of carbonyl (C=O) groups is 1. The van der Waals surface area contributed by atoms with Gasteiger partial charge in [0, 0.05) is 28.2 Å². The Bertz CT molecular complexity index is 1620. The van der Waals surface area contributed by atoms with E-state index in [2.05, 4.69) is 15.5 Å². The summed E-state index contributed by atoms with van der Waals surface area (Å²) in [5, 5.41) is 13.0. The minimum absolute atomic E-state index is 0.137. The van der Waals surface area contributed by atoms with Gasteiger partial charge >= 0.3 is 5.97 Å². The molecule has 1 saturated heterocycles. The summed E-state index contributed by atoms with van der Waals surface area (Å²) >= 11 is 12.2. The molecule has 1 aliphatic rings. The number of ether oxygens (including phenoxy) is 2. The summed E-state index contributed by atoms with van der Waals surface area (Å²) in [5.74, 6) is 0.593. The second-order valence-corrected chi connectivity index (χ2v) is 12.3. The third kappa shape index (κ3) is 6.75. The largest absolute Gasteiger partial charge is 0.464 e. The summed E-state index contributed by atoms with van der Waals surface area (Å²) in [6.45, 7) is 3.03. The highest BCUT2D eigenvalue weighted by Crippen LogP contribution is 2.31. The molecule has 1 fully saturated rings. The van der Waals surface area contributed by atoms with E-state index in [9.17, 15) is 13.2 Å². The van der Waals surface area contributed by atoms with Gasteiger partial charge in [0.25, 0.3) is 10.0 Å². The molecule has 3 heterocycles. The van der Waals surface area contributed by atoms with Crippen molar-refractivity contribution in [1.29, 1.82) is 0 Å². The van der Waals surface area contributed by atoms with Gasteiger partial charge in [-0.25, -0.2) is 8.42 Å². The van der Waals surface area contributed by atoms with Crippen molar-refractivity contribution in [3.63, 3.8) is 0 Å². The van der Waals surface area contributed by atoms with Crippen LogP contribution in [0, 0.1) is 0 Å². The fourth-order valence-electron chi connectivity index (χ4n) is 4.49. The van der Waals surface area contributed by atoms with E-state index in [1.165, 1.54) is 18.2 Å². The molecule has 5 rings (SSSR count). The Labute approximate surface area is 248 Å². The number of unbranched alkanes of at least 4 members (excludes halogenated alkanes) is 1. The zero-order valence-corrected chi connectivity index (χ0v) is 24.6. The normalized spacial score (nSPS) is 15.2. The number of halogens is 2. The number of nitrogens with zero attached hydrogens (tertiary/aromatic N) is 4. The van der Waals surface area contributed by atoms with E-state index in [1.807, 2.05) is 35.9 Å². The summed E-state index contributed by atoms with van der Waals surface area (Å²) in [7, 11) is -4.24. The predicted octanol–water partition coefficient (Wildman–Crippen LogP) is 5.47. The number of nitrogens with one attached hydrogen (secondary N) is 1. The van der Waals surface area contributed by atoms with E-state index < -0.39 is 22.5 Å². The van der Waals surface area contributed by atoms with Crippen LogP contribution in [0.2, 0.25) is 10.0 Å². The lowest BCUT2D eigenvalue weighted by molar-refractivity contribution is -0.141. The molecule has 216 valence electrons. The Morgan fingerprint density at radius 3 is 2.61 bits per heavy atom. The number of anilines is 2. The van der Waals surface area contributed by atoms with E-state index in [-0.39, 0.29) is 33.3 Å². The lowest BCUT2D eigenvalue weighted by atomic mass is 10.2. The highest BCUT2D eigenvalue weighted by atomic mass is 35.5. The van der Waals surface area contributed by atoms with Gasteiger partial charge in [0.2, 0.25) is 0 Å². The first-order valence-electron chi connectivity index (χ1n) is 13.2. The lowest BCUT2D eigenvalue weighted by Gasteiger charge is -2.24. The second-order valence-electron chi connectivity index (χ2n) is 9.60. The van der Waals surface area contributed by atoms with Crippen molar-refractivity contribution >= 4 is 61.6 Å². The van der Waals surface area contributed by atoms with Gasteiger partial charge < -0.3 is 14.8 Å². The van der Waals surface area contributed by atoms with Crippen molar-refractivity contribution in [2.45, 2.75) is 37.1 Å². The Hall–Kier alpha value is -3.38. The molecule has 4 aromatic rings. The van der Waals surface area contributed by atoms with Gasteiger partial charge in [0.05, 0.1) is 35.4 Å². The molecule has 1 atom stereocenters. The molecule has 0 unspecified atom stereocenters. The Morgan fingerprint density at radius 1 is 1.12 bits per heavy atom. The number of hydrogen-bond acceptors (Lipinski definition) is 8. The first-order chi connectivity index (χ1) is 19.7. The summed E-state index contributed by atoms with van der Waals surface area (Å²) in [4.78, 5) is 12.6. The van der Waals surface area contributed by atoms with Gasteiger partial charge in [-0.2, -0.15) is 0 Å². The van der Waals surface area contributed by atoms with Crippen molar-refractivity contribution in [2.24, 2.45) is 0 Å². The zero-order chi connectivity index (χ0) is 29.0. The highest BCUT2D eigenvalue weighted by molar-refractivity contribution is 7.92. The standard InChI is InChI=1S/C28H29Cl2N5O5S/c1-2-3-11-40-28(36)17-35(41(37,38)24-15-20(29)14-21(30)16-24)23-4-5-25-19(13-23)8-10-34(25)27-7-6-26(32-33-27)31-22-9-12-39-18-22/h4-8,10,13-16,22H,2-3,9,11-12,17-18H2,1H3,(H,31,32)/t22-/m1/s1. The maximum Gasteiger partial charge on any atom is 0.326 e. The number of rotatable bonds is 11. The molecule has 0 radical (unpaired) electrons. The van der Waals surface area contributed by atoms with E-state index >= 15 is 0 Å². The molecular formula is C28H29Cl2N5O5S. The fraction of sp³-hybridized carbons (Fsp3) is 0.321. The van der Waals surface area contributed by atoms with Crippen LogP contribution in [0.4, 0.5) is 11.5 Å². The van der Waals surface area contributed by atoms with Crippen molar-refractivity contribution in [1.82, 2.24) is 14.8 Å². The molecular weight excluding hydrogens is 589 g/mol. The van der Waals surface area contributed by atoms with Gasteiger partial charge in [-0.1, -0.05) is 36.5 Å². The summed E-state index contributed by atoms with van der Waals surface area (Å²) in [6, 6.07) is 14.9. The van der Waals surface area contributed by atoms with Crippen molar-refractivity contribution < 1.29 is 22.7 Å². The molecule has 1 N–H and O–H groups in total. The summed E-state index contributed by atoms with van der Waals surface area (Å²) in [6.07, 6.45) is 4.26. The average molecular weight is 619 g/mol. The van der Waals surface area contributed by atoms with E-state index in [0.717, 1.165) is 34.7 Å². The molecule has 1 aliphatic heterocycles. The molecule has 0 amide bonds. The van der Waals surface area contributed by atoms with Gasteiger partial charge in [-0.3, -0.25) is 13.7 Å². The third-order valence-corrected chi connectivity index (χ3v) is 8.79. The zero-order valence-electron chi connectivity index (χ0n) is 22.3. The molecule has 2 aromatic heterocycles. The minimum Gasteiger partial charge on any atom is -0.464 e. The number of sulfonamides is 1. The molecule has 0 bridgehead atoms. The second kappa shape index (κ2) is 12.6. The third-order valence-electron chi connectivity index (χ3n) is 6.60. The van der Waals surface area contributed by atoms with Crippen LogP contribution in [0.3, 0.4) is 0 Å².